The number of oxazole rings is 1. The SMILES string of the molecule is CNCCN(C)Cc1nc(-c2cc(F)cc(F)c2)oc1C. The molecule has 0 aliphatic heterocycles. The maximum atomic E-state index is 13.2. The van der Waals surface area contributed by atoms with Crippen molar-refractivity contribution >= 4 is 0 Å². The number of aromatic nitrogens is 1. The third-order valence-corrected chi connectivity index (χ3v) is 3.17. The van der Waals surface area contributed by atoms with Crippen LogP contribution in [0.25, 0.3) is 11.5 Å². The Balaban J connectivity index is 2.18. The lowest BCUT2D eigenvalue weighted by Gasteiger charge is -2.14. The van der Waals surface area contributed by atoms with Gasteiger partial charge in [-0.1, -0.05) is 0 Å². The van der Waals surface area contributed by atoms with Crippen molar-refractivity contribution in [3.05, 3.63) is 41.3 Å². The van der Waals surface area contributed by atoms with Gasteiger partial charge in [0.25, 0.3) is 0 Å². The fourth-order valence-electron chi connectivity index (χ4n) is 2.01. The van der Waals surface area contributed by atoms with Crippen molar-refractivity contribution in [2.75, 3.05) is 27.2 Å². The fraction of sp³-hybridized carbons (Fsp3) is 0.400. The van der Waals surface area contributed by atoms with E-state index in [-0.39, 0.29) is 5.89 Å². The number of halogens is 2. The van der Waals surface area contributed by atoms with Crippen LogP contribution in [0.3, 0.4) is 0 Å². The second-order valence-corrected chi connectivity index (χ2v) is 5.02. The van der Waals surface area contributed by atoms with Crippen LogP contribution in [0.4, 0.5) is 8.78 Å². The largest absolute Gasteiger partial charge is 0.441 e. The first-order valence-electron chi connectivity index (χ1n) is 6.75. The van der Waals surface area contributed by atoms with E-state index in [0.717, 1.165) is 24.8 Å². The molecule has 0 radical (unpaired) electrons. The first-order chi connectivity index (χ1) is 9.99. The highest BCUT2D eigenvalue weighted by molar-refractivity contribution is 5.53. The highest BCUT2D eigenvalue weighted by Crippen LogP contribution is 2.24. The molecule has 0 atom stereocenters. The molecule has 0 aliphatic carbocycles. The van der Waals surface area contributed by atoms with Crippen LogP contribution in [0.1, 0.15) is 11.5 Å². The summed E-state index contributed by atoms with van der Waals surface area (Å²) in [5.41, 5.74) is 1.08. The second-order valence-electron chi connectivity index (χ2n) is 5.02. The second kappa shape index (κ2) is 6.78. The van der Waals surface area contributed by atoms with Crippen LogP contribution in [-0.2, 0) is 6.54 Å². The van der Waals surface area contributed by atoms with Crippen LogP contribution in [0, 0.1) is 18.6 Å². The number of nitrogens with one attached hydrogen (secondary N) is 1. The van der Waals surface area contributed by atoms with Gasteiger partial charge in [-0.2, -0.15) is 0 Å². The van der Waals surface area contributed by atoms with Gasteiger partial charge in [0.05, 0.1) is 5.69 Å². The van der Waals surface area contributed by atoms with Crippen LogP contribution < -0.4 is 5.32 Å². The molecule has 6 heteroatoms. The average Bonchev–Trinajstić information content (AvgIpc) is 2.77. The Labute approximate surface area is 122 Å². The topological polar surface area (TPSA) is 41.3 Å². The minimum absolute atomic E-state index is 0.239. The number of hydrogen-bond acceptors (Lipinski definition) is 4. The normalized spacial score (nSPS) is 11.3. The van der Waals surface area contributed by atoms with Gasteiger partial charge in [0, 0.05) is 31.3 Å². The minimum atomic E-state index is -0.645. The number of hydrogen-bond donors (Lipinski definition) is 1. The molecule has 1 aromatic carbocycles. The number of rotatable bonds is 6. The Morgan fingerprint density at radius 2 is 1.90 bits per heavy atom. The molecular weight excluding hydrogens is 276 g/mol. The lowest BCUT2D eigenvalue weighted by atomic mass is 10.2. The first-order valence-corrected chi connectivity index (χ1v) is 6.75. The highest BCUT2D eigenvalue weighted by atomic mass is 19.1. The standard InChI is InChI=1S/C15H19F2N3O/c1-10-14(9-20(3)5-4-18-2)19-15(21-10)11-6-12(16)8-13(17)7-11/h6-8,18H,4-5,9H2,1-3H3. The van der Waals surface area contributed by atoms with Crippen molar-refractivity contribution in [2.24, 2.45) is 0 Å². The van der Waals surface area contributed by atoms with Gasteiger partial charge in [-0.15, -0.1) is 0 Å². The van der Waals surface area contributed by atoms with Crippen LogP contribution in [-0.4, -0.2) is 37.1 Å². The van der Waals surface area contributed by atoms with E-state index in [2.05, 4.69) is 15.2 Å². The summed E-state index contributed by atoms with van der Waals surface area (Å²) in [6.45, 7) is 4.16. The maximum absolute atomic E-state index is 13.2. The Hall–Kier alpha value is -1.79. The summed E-state index contributed by atoms with van der Waals surface area (Å²) in [6.07, 6.45) is 0. The molecule has 0 fully saturated rings. The molecule has 0 amide bonds. The van der Waals surface area contributed by atoms with Crippen molar-refractivity contribution in [1.82, 2.24) is 15.2 Å². The molecule has 114 valence electrons. The lowest BCUT2D eigenvalue weighted by Crippen LogP contribution is -2.27. The van der Waals surface area contributed by atoms with Gasteiger partial charge < -0.3 is 9.73 Å². The molecule has 2 aromatic rings. The van der Waals surface area contributed by atoms with Crippen molar-refractivity contribution in [1.29, 1.82) is 0 Å². The fourth-order valence-corrected chi connectivity index (χ4v) is 2.01. The van der Waals surface area contributed by atoms with Gasteiger partial charge >= 0.3 is 0 Å². The summed E-state index contributed by atoms with van der Waals surface area (Å²) in [4.78, 5) is 6.44. The van der Waals surface area contributed by atoms with E-state index in [4.69, 9.17) is 4.42 Å². The Kier molecular flexibility index (Phi) is 5.03. The van der Waals surface area contributed by atoms with Crippen LogP contribution >= 0.6 is 0 Å². The number of benzene rings is 1. The van der Waals surface area contributed by atoms with Gasteiger partial charge in [0.1, 0.15) is 17.4 Å². The molecule has 0 saturated heterocycles. The maximum Gasteiger partial charge on any atom is 0.226 e. The molecule has 2 rings (SSSR count). The third-order valence-electron chi connectivity index (χ3n) is 3.17. The van der Waals surface area contributed by atoms with E-state index < -0.39 is 11.6 Å². The Bertz CT molecular complexity index is 593. The van der Waals surface area contributed by atoms with E-state index in [1.807, 2.05) is 14.1 Å². The van der Waals surface area contributed by atoms with Crippen molar-refractivity contribution in [2.45, 2.75) is 13.5 Å². The lowest BCUT2D eigenvalue weighted by molar-refractivity contribution is 0.322. The van der Waals surface area contributed by atoms with E-state index >= 15 is 0 Å². The first kappa shape index (κ1) is 15.6. The van der Waals surface area contributed by atoms with E-state index in [1.165, 1.54) is 12.1 Å². The summed E-state index contributed by atoms with van der Waals surface area (Å²) in [5.74, 6) is -0.393. The molecule has 0 unspecified atom stereocenters. The van der Waals surface area contributed by atoms with Crippen molar-refractivity contribution in [3.63, 3.8) is 0 Å². The average molecular weight is 295 g/mol. The summed E-state index contributed by atoms with van der Waals surface area (Å²) in [7, 11) is 3.87. The summed E-state index contributed by atoms with van der Waals surface area (Å²) < 4.78 is 32.0. The monoisotopic (exact) mass is 295 g/mol. The molecule has 1 aromatic heterocycles. The minimum Gasteiger partial charge on any atom is -0.441 e. The zero-order valence-electron chi connectivity index (χ0n) is 12.4. The summed E-state index contributed by atoms with van der Waals surface area (Å²) >= 11 is 0. The highest BCUT2D eigenvalue weighted by Gasteiger charge is 2.14. The van der Waals surface area contributed by atoms with Crippen LogP contribution in [0.5, 0.6) is 0 Å². The number of likely N-dealkylation sites (N-methyl/N-ethyl adjacent to an activating group) is 2. The Morgan fingerprint density at radius 3 is 2.52 bits per heavy atom. The van der Waals surface area contributed by atoms with E-state index in [0.29, 0.717) is 17.9 Å². The molecule has 4 nitrogen and oxygen atoms in total. The van der Waals surface area contributed by atoms with Crippen molar-refractivity contribution in [3.8, 4) is 11.5 Å². The molecule has 21 heavy (non-hydrogen) atoms. The predicted octanol–water partition coefficient (Wildman–Crippen LogP) is 2.58. The molecule has 0 spiro atoms. The molecular formula is C15H19F2N3O. The van der Waals surface area contributed by atoms with Gasteiger partial charge in [-0.05, 0) is 33.2 Å². The number of aryl methyl sites for hydroxylation is 1. The van der Waals surface area contributed by atoms with E-state index in [9.17, 15) is 8.78 Å². The molecule has 0 aliphatic rings. The van der Waals surface area contributed by atoms with Gasteiger partial charge in [-0.25, -0.2) is 13.8 Å². The smallest absolute Gasteiger partial charge is 0.226 e. The summed E-state index contributed by atoms with van der Waals surface area (Å²) in [6, 6.07) is 3.25. The zero-order valence-corrected chi connectivity index (χ0v) is 12.4. The van der Waals surface area contributed by atoms with Crippen LogP contribution in [0.2, 0.25) is 0 Å². The van der Waals surface area contributed by atoms with Crippen LogP contribution in [0.15, 0.2) is 22.6 Å². The van der Waals surface area contributed by atoms with Gasteiger partial charge in [-0.3, -0.25) is 4.90 Å². The summed E-state index contributed by atoms with van der Waals surface area (Å²) in [5, 5.41) is 3.07. The molecule has 1 heterocycles. The predicted molar refractivity (Wildman–Crippen MR) is 76.9 cm³/mol. The van der Waals surface area contributed by atoms with E-state index in [1.54, 1.807) is 6.92 Å². The third kappa shape index (κ3) is 4.09. The van der Waals surface area contributed by atoms with Gasteiger partial charge in [0.15, 0.2) is 0 Å². The molecule has 0 saturated carbocycles. The molecule has 0 bridgehead atoms. The van der Waals surface area contributed by atoms with Gasteiger partial charge in [0.2, 0.25) is 5.89 Å². The van der Waals surface area contributed by atoms with Crippen molar-refractivity contribution < 1.29 is 13.2 Å². The quantitative estimate of drug-likeness (QED) is 0.889. The molecule has 1 N–H and O–H groups in total. The Morgan fingerprint density at radius 1 is 1.24 bits per heavy atom. The number of nitrogens with zero attached hydrogens (tertiary/aromatic N) is 2. The zero-order chi connectivity index (χ0) is 15.4.